The van der Waals surface area contributed by atoms with Crippen molar-refractivity contribution in [2.45, 2.75) is 12.8 Å². The molecule has 106 valence electrons. The third-order valence-corrected chi connectivity index (χ3v) is 3.70. The maximum atomic E-state index is 9.09. The lowest BCUT2D eigenvalue weighted by Crippen LogP contribution is -2.37. The van der Waals surface area contributed by atoms with E-state index in [0.717, 1.165) is 44.0 Å². The van der Waals surface area contributed by atoms with E-state index in [9.17, 15) is 0 Å². The second-order valence-corrected chi connectivity index (χ2v) is 4.99. The van der Waals surface area contributed by atoms with Crippen LogP contribution in [0.25, 0.3) is 0 Å². The van der Waals surface area contributed by atoms with Gasteiger partial charge in [0.1, 0.15) is 18.1 Å². The average Bonchev–Trinajstić information content (AvgIpc) is 2.49. The summed E-state index contributed by atoms with van der Waals surface area (Å²) in [5.41, 5.74) is 0. The first-order valence-electron chi connectivity index (χ1n) is 6.92. The number of methoxy groups -OCH3 is 1. The van der Waals surface area contributed by atoms with Gasteiger partial charge in [-0.1, -0.05) is 0 Å². The van der Waals surface area contributed by atoms with Crippen LogP contribution in [-0.2, 0) is 0 Å². The van der Waals surface area contributed by atoms with Crippen LogP contribution in [0.5, 0.6) is 11.5 Å². The van der Waals surface area contributed by atoms with Gasteiger partial charge in [0.2, 0.25) is 0 Å². The third kappa shape index (κ3) is 4.40. The highest BCUT2D eigenvalue weighted by Crippen LogP contribution is 2.18. The second kappa shape index (κ2) is 7.36. The molecule has 4 nitrogen and oxygen atoms in total. The second-order valence-electron chi connectivity index (χ2n) is 4.99. The molecule has 4 heteroatoms. The van der Waals surface area contributed by atoms with E-state index >= 15 is 0 Å². The van der Waals surface area contributed by atoms with Gasteiger partial charge in [0.05, 0.1) is 7.11 Å². The fourth-order valence-corrected chi connectivity index (χ4v) is 2.36. The molecule has 1 aromatic carbocycles. The Morgan fingerprint density at radius 3 is 2.37 bits per heavy atom. The lowest BCUT2D eigenvalue weighted by atomic mass is 9.98. The number of likely N-dealkylation sites (tertiary alicyclic amines) is 1. The normalized spacial score (nSPS) is 17.4. The summed E-state index contributed by atoms with van der Waals surface area (Å²) in [5, 5.41) is 9.09. The number of rotatable bonds is 6. The standard InChI is InChI=1S/C15H23NO3/c1-18-14-2-4-15(5-3-14)19-11-10-16-8-6-13(12-17)7-9-16/h2-5,13,17H,6-12H2,1H3. The van der Waals surface area contributed by atoms with Crippen molar-refractivity contribution in [1.29, 1.82) is 0 Å². The van der Waals surface area contributed by atoms with Gasteiger partial charge in [-0.05, 0) is 56.1 Å². The maximum absolute atomic E-state index is 9.09. The van der Waals surface area contributed by atoms with Crippen LogP contribution in [0.1, 0.15) is 12.8 Å². The Labute approximate surface area is 114 Å². The number of aliphatic hydroxyl groups is 1. The van der Waals surface area contributed by atoms with Crippen LogP contribution in [0.15, 0.2) is 24.3 Å². The van der Waals surface area contributed by atoms with Crippen LogP contribution in [0.3, 0.4) is 0 Å². The number of aliphatic hydroxyl groups excluding tert-OH is 1. The quantitative estimate of drug-likeness (QED) is 0.851. The molecule has 1 aliphatic heterocycles. The van der Waals surface area contributed by atoms with E-state index in [1.165, 1.54) is 0 Å². The topological polar surface area (TPSA) is 41.9 Å². The predicted molar refractivity (Wildman–Crippen MR) is 74.7 cm³/mol. The Morgan fingerprint density at radius 2 is 1.79 bits per heavy atom. The lowest BCUT2D eigenvalue weighted by molar-refractivity contribution is 0.118. The molecule has 0 atom stereocenters. The number of hydrogen-bond donors (Lipinski definition) is 1. The highest BCUT2D eigenvalue weighted by molar-refractivity contribution is 5.31. The molecule has 1 fully saturated rings. The highest BCUT2D eigenvalue weighted by atomic mass is 16.5. The molecule has 1 aromatic rings. The Kier molecular flexibility index (Phi) is 5.48. The van der Waals surface area contributed by atoms with Crippen LogP contribution < -0.4 is 9.47 Å². The van der Waals surface area contributed by atoms with Gasteiger partial charge in [0, 0.05) is 13.2 Å². The average molecular weight is 265 g/mol. The van der Waals surface area contributed by atoms with Crippen LogP contribution >= 0.6 is 0 Å². The molecule has 0 unspecified atom stereocenters. The van der Waals surface area contributed by atoms with Gasteiger partial charge in [0.25, 0.3) is 0 Å². The molecule has 0 saturated carbocycles. The molecule has 19 heavy (non-hydrogen) atoms. The van der Waals surface area contributed by atoms with Gasteiger partial charge in [-0.2, -0.15) is 0 Å². The van der Waals surface area contributed by atoms with Gasteiger partial charge in [-0.3, -0.25) is 4.90 Å². The number of benzene rings is 1. The molecule has 0 spiro atoms. The monoisotopic (exact) mass is 265 g/mol. The lowest BCUT2D eigenvalue weighted by Gasteiger charge is -2.30. The minimum Gasteiger partial charge on any atom is -0.497 e. The van der Waals surface area contributed by atoms with Crippen molar-refractivity contribution in [2.75, 3.05) is 40.0 Å². The largest absolute Gasteiger partial charge is 0.497 e. The van der Waals surface area contributed by atoms with Crippen molar-refractivity contribution < 1.29 is 14.6 Å². The Balaban J connectivity index is 1.66. The molecule has 1 N–H and O–H groups in total. The summed E-state index contributed by atoms with van der Waals surface area (Å²) < 4.78 is 10.8. The van der Waals surface area contributed by atoms with Crippen molar-refractivity contribution in [3.05, 3.63) is 24.3 Å². The summed E-state index contributed by atoms with van der Waals surface area (Å²) in [6.07, 6.45) is 2.19. The minimum absolute atomic E-state index is 0.330. The predicted octanol–water partition coefficient (Wildman–Crippen LogP) is 1.78. The highest BCUT2D eigenvalue weighted by Gasteiger charge is 2.17. The van der Waals surface area contributed by atoms with E-state index in [1.54, 1.807) is 7.11 Å². The van der Waals surface area contributed by atoms with Crippen LogP contribution in [0.2, 0.25) is 0 Å². The summed E-state index contributed by atoms with van der Waals surface area (Å²) in [6.45, 7) is 4.12. The van der Waals surface area contributed by atoms with E-state index in [-0.39, 0.29) is 0 Å². The molecule has 1 heterocycles. The van der Waals surface area contributed by atoms with E-state index in [4.69, 9.17) is 14.6 Å². The molecule has 1 saturated heterocycles. The molecule has 0 aromatic heterocycles. The van der Waals surface area contributed by atoms with Gasteiger partial charge in [-0.25, -0.2) is 0 Å². The van der Waals surface area contributed by atoms with Gasteiger partial charge < -0.3 is 14.6 Å². The van der Waals surface area contributed by atoms with Crippen LogP contribution in [0, 0.1) is 5.92 Å². The Hall–Kier alpha value is -1.26. The van der Waals surface area contributed by atoms with Gasteiger partial charge in [-0.15, -0.1) is 0 Å². The summed E-state index contributed by atoms with van der Waals surface area (Å²) in [7, 11) is 1.66. The maximum Gasteiger partial charge on any atom is 0.119 e. The van der Waals surface area contributed by atoms with Crippen LogP contribution in [0.4, 0.5) is 0 Å². The zero-order valence-corrected chi connectivity index (χ0v) is 11.5. The first-order valence-corrected chi connectivity index (χ1v) is 6.92. The molecular weight excluding hydrogens is 242 g/mol. The SMILES string of the molecule is COc1ccc(OCCN2CCC(CO)CC2)cc1. The molecule has 1 aliphatic rings. The fourth-order valence-electron chi connectivity index (χ4n) is 2.36. The zero-order chi connectivity index (χ0) is 13.5. The van der Waals surface area contributed by atoms with E-state index in [2.05, 4.69) is 4.90 Å². The zero-order valence-electron chi connectivity index (χ0n) is 11.5. The fraction of sp³-hybridized carbons (Fsp3) is 0.600. The summed E-state index contributed by atoms with van der Waals surface area (Å²) >= 11 is 0. The first-order chi connectivity index (χ1) is 9.31. The third-order valence-electron chi connectivity index (χ3n) is 3.70. The van der Waals surface area contributed by atoms with Crippen molar-refractivity contribution in [2.24, 2.45) is 5.92 Å². The van der Waals surface area contributed by atoms with Gasteiger partial charge >= 0.3 is 0 Å². The number of nitrogens with zero attached hydrogens (tertiary/aromatic N) is 1. The van der Waals surface area contributed by atoms with Crippen molar-refractivity contribution in [1.82, 2.24) is 4.90 Å². The van der Waals surface area contributed by atoms with E-state index < -0.39 is 0 Å². The summed E-state index contributed by atoms with van der Waals surface area (Å²) in [6, 6.07) is 7.66. The van der Waals surface area contributed by atoms with Crippen molar-refractivity contribution in [3.63, 3.8) is 0 Å². The van der Waals surface area contributed by atoms with Crippen LogP contribution in [-0.4, -0.2) is 50.0 Å². The van der Waals surface area contributed by atoms with E-state index in [1.807, 2.05) is 24.3 Å². The van der Waals surface area contributed by atoms with Crippen molar-refractivity contribution >= 4 is 0 Å². The molecular formula is C15H23NO3. The smallest absolute Gasteiger partial charge is 0.119 e. The molecule has 0 amide bonds. The molecule has 0 radical (unpaired) electrons. The Morgan fingerprint density at radius 1 is 1.16 bits per heavy atom. The minimum atomic E-state index is 0.330. The number of ether oxygens (including phenoxy) is 2. The molecule has 0 bridgehead atoms. The summed E-state index contributed by atoms with van der Waals surface area (Å²) in [4.78, 5) is 2.40. The Bertz CT molecular complexity index is 358. The van der Waals surface area contributed by atoms with Crippen molar-refractivity contribution in [3.8, 4) is 11.5 Å². The molecule has 2 rings (SSSR count). The summed E-state index contributed by atoms with van der Waals surface area (Å²) in [5.74, 6) is 2.23. The molecule has 0 aliphatic carbocycles. The number of hydrogen-bond acceptors (Lipinski definition) is 4. The van der Waals surface area contributed by atoms with Gasteiger partial charge in [0.15, 0.2) is 0 Å². The first kappa shape index (κ1) is 14.2. The van der Waals surface area contributed by atoms with E-state index in [0.29, 0.717) is 19.1 Å². The number of piperidine rings is 1.